The molecule has 2 rings (SSSR count). The Kier molecular flexibility index (Phi) is 4.90. The van der Waals surface area contributed by atoms with Crippen molar-refractivity contribution in [1.82, 2.24) is 5.32 Å². The van der Waals surface area contributed by atoms with Gasteiger partial charge in [-0.15, -0.1) is 0 Å². The van der Waals surface area contributed by atoms with E-state index in [0.717, 1.165) is 18.2 Å². The average molecular weight is 341 g/mol. The third-order valence-electron chi connectivity index (χ3n) is 3.19. The van der Waals surface area contributed by atoms with Gasteiger partial charge in [0.25, 0.3) is 11.6 Å². The third-order valence-corrected chi connectivity index (χ3v) is 3.43. The number of nitro groups is 1. The number of carbonyl (C=O) groups excluding carboxylic acids is 1. The minimum Gasteiger partial charge on any atom is -0.345 e. The van der Waals surface area contributed by atoms with Crippen molar-refractivity contribution in [3.05, 3.63) is 74.3 Å². The van der Waals surface area contributed by atoms with Gasteiger partial charge in [0.15, 0.2) is 11.6 Å². The summed E-state index contributed by atoms with van der Waals surface area (Å²) in [6, 6.07) is 6.12. The lowest BCUT2D eigenvalue weighted by Gasteiger charge is -2.15. The molecule has 0 bridgehead atoms. The van der Waals surface area contributed by atoms with E-state index < -0.39 is 34.2 Å². The Morgan fingerprint density at radius 3 is 2.52 bits per heavy atom. The monoisotopic (exact) mass is 340 g/mol. The molecule has 0 saturated carbocycles. The van der Waals surface area contributed by atoms with E-state index in [4.69, 9.17) is 11.6 Å². The standard InChI is InChI=1S/C15H11ClF2N2O3/c1-8(9-2-4-12(17)13(18)6-9)19-15(21)11-7-10(16)3-5-14(11)20(22)23/h2-8H,1H3,(H,19,21). The molecular weight excluding hydrogens is 330 g/mol. The van der Waals surface area contributed by atoms with Crippen LogP contribution in [0.3, 0.4) is 0 Å². The Labute approximate surface area is 135 Å². The maximum atomic E-state index is 13.2. The Morgan fingerprint density at radius 1 is 1.22 bits per heavy atom. The molecule has 0 radical (unpaired) electrons. The molecule has 8 heteroatoms. The summed E-state index contributed by atoms with van der Waals surface area (Å²) in [5, 5.41) is 13.6. The van der Waals surface area contributed by atoms with E-state index in [1.807, 2.05) is 0 Å². The Balaban J connectivity index is 2.26. The van der Waals surface area contributed by atoms with E-state index in [9.17, 15) is 23.7 Å². The van der Waals surface area contributed by atoms with Gasteiger partial charge in [0.1, 0.15) is 5.56 Å². The van der Waals surface area contributed by atoms with Gasteiger partial charge < -0.3 is 5.32 Å². The molecule has 0 aliphatic rings. The van der Waals surface area contributed by atoms with Gasteiger partial charge in [0, 0.05) is 11.1 Å². The van der Waals surface area contributed by atoms with Crippen LogP contribution in [-0.2, 0) is 0 Å². The first kappa shape index (κ1) is 16.8. The van der Waals surface area contributed by atoms with E-state index in [2.05, 4.69) is 5.32 Å². The summed E-state index contributed by atoms with van der Waals surface area (Å²) >= 11 is 5.76. The van der Waals surface area contributed by atoms with Crippen LogP contribution in [0.4, 0.5) is 14.5 Å². The predicted molar refractivity (Wildman–Crippen MR) is 80.3 cm³/mol. The van der Waals surface area contributed by atoms with Crippen LogP contribution >= 0.6 is 11.6 Å². The zero-order valence-electron chi connectivity index (χ0n) is 11.8. The van der Waals surface area contributed by atoms with Crippen LogP contribution in [0.25, 0.3) is 0 Å². The number of rotatable bonds is 4. The molecule has 2 aromatic rings. The molecule has 23 heavy (non-hydrogen) atoms. The molecule has 0 spiro atoms. The van der Waals surface area contributed by atoms with Crippen LogP contribution in [0.1, 0.15) is 28.9 Å². The number of nitrogens with one attached hydrogen (secondary N) is 1. The van der Waals surface area contributed by atoms with Crippen molar-refractivity contribution in [2.45, 2.75) is 13.0 Å². The number of benzene rings is 2. The quantitative estimate of drug-likeness (QED) is 0.675. The summed E-state index contributed by atoms with van der Waals surface area (Å²) in [4.78, 5) is 22.5. The highest BCUT2D eigenvalue weighted by Gasteiger charge is 2.22. The molecule has 0 aliphatic carbocycles. The van der Waals surface area contributed by atoms with Crippen LogP contribution in [0.5, 0.6) is 0 Å². The second kappa shape index (κ2) is 6.70. The fraction of sp³-hybridized carbons (Fsp3) is 0.133. The largest absolute Gasteiger partial charge is 0.345 e. The second-order valence-electron chi connectivity index (χ2n) is 4.79. The highest BCUT2D eigenvalue weighted by atomic mass is 35.5. The van der Waals surface area contributed by atoms with Gasteiger partial charge in [-0.25, -0.2) is 8.78 Å². The summed E-state index contributed by atoms with van der Waals surface area (Å²) in [6.45, 7) is 1.54. The van der Waals surface area contributed by atoms with Crippen molar-refractivity contribution < 1.29 is 18.5 Å². The number of amides is 1. The lowest BCUT2D eigenvalue weighted by atomic mass is 10.1. The first-order valence-electron chi connectivity index (χ1n) is 6.49. The van der Waals surface area contributed by atoms with Crippen molar-refractivity contribution in [1.29, 1.82) is 0 Å². The van der Waals surface area contributed by atoms with Gasteiger partial charge in [0.2, 0.25) is 0 Å². The van der Waals surface area contributed by atoms with Crippen LogP contribution in [0.2, 0.25) is 5.02 Å². The molecule has 0 heterocycles. The third kappa shape index (κ3) is 3.81. The number of nitrogens with zero attached hydrogens (tertiary/aromatic N) is 1. The topological polar surface area (TPSA) is 72.2 Å². The van der Waals surface area contributed by atoms with Crippen LogP contribution in [0.15, 0.2) is 36.4 Å². The van der Waals surface area contributed by atoms with Crippen LogP contribution < -0.4 is 5.32 Å². The minimum absolute atomic E-state index is 0.168. The normalized spacial score (nSPS) is 11.8. The Bertz CT molecular complexity index is 783. The van der Waals surface area contributed by atoms with Crippen LogP contribution in [-0.4, -0.2) is 10.8 Å². The fourth-order valence-corrected chi connectivity index (χ4v) is 2.16. The number of hydrogen-bond donors (Lipinski definition) is 1. The molecular formula is C15H11ClF2N2O3. The van der Waals surface area contributed by atoms with E-state index in [-0.39, 0.29) is 10.6 Å². The van der Waals surface area contributed by atoms with Crippen molar-refractivity contribution >= 4 is 23.2 Å². The summed E-state index contributed by atoms with van der Waals surface area (Å²) in [5.74, 6) is -2.79. The van der Waals surface area contributed by atoms with Gasteiger partial charge in [-0.1, -0.05) is 17.7 Å². The molecule has 1 unspecified atom stereocenters. The van der Waals surface area contributed by atoms with Crippen molar-refractivity contribution in [3.8, 4) is 0 Å². The number of carbonyl (C=O) groups is 1. The van der Waals surface area contributed by atoms with Crippen molar-refractivity contribution in [2.75, 3.05) is 0 Å². The predicted octanol–water partition coefficient (Wildman–Crippen LogP) is 4.02. The molecule has 0 fully saturated rings. The molecule has 5 nitrogen and oxygen atoms in total. The van der Waals surface area contributed by atoms with Crippen molar-refractivity contribution in [3.63, 3.8) is 0 Å². The number of hydrogen-bond acceptors (Lipinski definition) is 3. The summed E-state index contributed by atoms with van der Waals surface area (Å²) in [7, 11) is 0. The van der Waals surface area contributed by atoms with E-state index in [0.29, 0.717) is 5.56 Å². The Morgan fingerprint density at radius 2 is 1.91 bits per heavy atom. The molecule has 1 atom stereocenters. The summed E-state index contributed by atoms with van der Waals surface area (Å²) < 4.78 is 26.2. The first-order chi connectivity index (χ1) is 10.8. The first-order valence-corrected chi connectivity index (χ1v) is 6.87. The van der Waals surface area contributed by atoms with E-state index in [1.54, 1.807) is 6.92 Å². The highest BCUT2D eigenvalue weighted by Crippen LogP contribution is 2.24. The Hall–Kier alpha value is -2.54. The maximum absolute atomic E-state index is 13.2. The average Bonchev–Trinajstić information content (AvgIpc) is 2.49. The highest BCUT2D eigenvalue weighted by molar-refractivity contribution is 6.31. The SMILES string of the molecule is CC(NC(=O)c1cc(Cl)ccc1[N+](=O)[O-])c1ccc(F)c(F)c1. The van der Waals surface area contributed by atoms with Gasteiger partial charge in [-0.2, -0.15) is 0 Å². The van der Waals surface area contributed by atoms with Gasteiger partial charge >= 0.3 is 0 Å². The van der Waals surface area contributed by atoms with Gasteiger partial charge in [0.05, 0.1) is 11.0 Å². The van der Waals surface area contributed by atoms with Crippen LogP contribution in [0, 0.1) is 21.7 Å². The van der Waals surface area contributed by atoms with Gasteiger partial charge in [-0.05, 0) is 36.8 Å². The lowest BCUT2D eigenvalue weighted by molar-refractivity contribution is -0.385. The fourth-order valence-electron chi connectivity index (χ4n) is 1.99. The zero-order chi connectivity index (χ0) is 17.1. The van der Waals surface area contributed by atoms with E-state index >= 15 is 0 Å². The molecule has 1 amide bonds. The van der Waals surface area contributed by atoms with Gasteiger partial charge in [-0.3, -0.25) is 14.9 Å². The summed E-state index contributed by atoms with van der Waals surface area (Å²) in [5.41, 5.74) is -0.289. The molecule has 1 N–H and O–H groups in total. The number of nitro benzene ring substituents is 1. The summed E-state index contributed by atoms with van der Waals surface area (Å²) in [6.07, 6.45) is 0. The minimum atomic E-state index is -1.04. The molecule has 0 aliphatic heterocycles. The zero-order valence-corrected chi connectivity index (χ0v) is 12.6. The molecule has 120 valence electrons. The molecule has 0 saturated heterocycles. The van der Waals surface area contributed by atoms with E-state index in [1.165, 1.54) is 18.2 Å². The smallest absolute Gasteiger partial charge is 0.282 e. The number of halogens is 3. The second-order valence-corrected chi connectivity index (χ2v) is 5.22. The lowest BCUT2D eigenvalue weighted by Crippen LogP contribution is -2.27. The molecule has 2 aromatic carbocycles. The molecule has 0 aromatic heterocycles. The van der Waals surface area contributed by atoms with Crippen molar-refractivity contribution in [2.24, 2.45) is 0 Å². The maximum Gasteiger partial charge on any atom is 0.282 e.